The Morgan fingerprint density at radius 2 is 2.00 bits per heavy atom. The maximum atomic E-state index is 5.53. The van der Waals surface area contributed by atoms with E-state index >= 15 is 0 Å². The van der Waals surface area contributed by atoms with Gasteiger partial charge in [-0.15, -0.1) is 0 Å². The molecule has 2 aliphatic rings. The molecular formula is C13H24O2. The van der Waals surface area contributed by atoms with E-state index in [1.165, 1.54) is 32.1 Å². The van der Waals surface area contributed by atoms with E-state index in [2.05, 4.69) is 27.7 Å². The van der Waals surface area contributed by atoms with Gasteiger partial charge in [0.15, 0.2) is 0 Å². The first kappa shape index (κ1) is 11.4. The van der Waals surface area contributed by atoms with Gasteiger partial charge in [0.2, 0.25) is 0 Å². The van der Waals surface area contributed by atoms with Crippen molar-refractivity contribution in [2.24, 2.45) is 11.3 Å². The fourth-order valence-corrected chi connectivity index (χ4v) is 3.63. The molecule has 88 valence electrons. The highest BCUT2D eigenvalue weighted by molar-refractivity contribution is 5.05. The van der Waals surface area contributed by atoms with Crippen LogP contribution in [0.15, 0.2) is 0 Å². The van der Waals surface area contributed by atoms with Gasteiger partial charge in [-0.05, 0) is 30.6 Å². The van der Waals surface area contributed by atoms with Crippen LogP contribution in [0.5, 0.6) is 0 Å². The first-order chi connectivity index (χ1) is 7.00. The average molecular weight is 212 g/mol. The maximum Gasteiger partial charge on any atom is 0.133 e. The van der Waals surface area contributed by atoms with Crippen molar-refractivity contribution in [1.29, 1.82) is 0 Å². The van der Waals surface area contributed by atoms with Gasteiger partial charge in [0.25, 0.3) is 0 Å². The van der Waals surface area contributed by atoms with Gasteiger partial charge in [0, 0.05) is 0 Å². The third-order valence-corrected chi connectivity index (χ3v) is 4.02. The molecule has 1 saturated heterocycles. The number of rotatable bonds is 3. The van der Waals surface area contributed by atoms with E-state index < -0.39 is 0 Å². The van der Waals surface area contributed by atoms with E-state index in [1.54, 1.807) is 0 Å². The van der Waals surface area contributed by atoms with E-state index in [4.69, 9.17) is 9.78 Å². The summed E-state index contributed by atoms with van der Waals surface area (Å²) >= 11 is 0. The third-order valence-electron chi connectivity index (χ3n) is 4.02. The molecule has 1 saturated carbocycles. The van der Waals surface area contributed by atoms with Crippen LogP contribution in [-0.2, 0) is 9.78 Å². The van der Waals surface area contributed by atoms with E-state index in [9.17, 15) is 0 Å². The molecule has 0 aromatic heterocycles. The molecule has 3 atom stereocenters. The second-order valence-electron chi connectivity index (χ2n) is 6.23. The van der Waals surface area contributed by atoms with Crippen molar-refractivity contribution in [2.45, 2.75) is 71.5 Å². The van der Waals surface area contributed by atoms with Crippen molar-refractivity contribution in [1.82, 2.24) is 0 Å². The molecule has 2 rings (SSSR count). The quantitative estimate of drug-likeness (QED) is 0.664. The first-order valence-electron chi connectivity index (χ1n) is 6.35. The number of hydrogen-bond acceptors (Lipinski definition) is 2. The van der Waals surface area contributed by atoms with Gasteiger partial charge >= 0.3 is 0 Å². The van der Waals surface area contributed by atoms with Crippen LogP contribution in [0.3, 0.4) is 0 Å². The summed E-state index contributed by atoms with van der Waals surface area (Å²) in [6.45, 7) is 9.21. The predicted molar refractivity (Wildman–Crippen MR) is 60.4 cm³/mol. The highest BCUT2D eigenvalue weighted by atomic mass is 17.3. The Morgan fingerprint density at radius 3 is 2.53 bits per heavy atom. The van der Waals surface area contributed by atoms with Crippen molar-refractivity contribution in [3.05, 3.63) is 0 Å². The summed E-state index contributed by atoms with van der Waals surface area (Å²) in [6.07, 6.45) is 6.43. The summed E-state index contributed by atoms with van der Waals surface area (Å²) in [4.78, 5) is 10.9. The molecule has 0 aromatic carbocycles. The number of unbranched alkanes of at least 4 members (excludes halogenated alkanes) is 1. The fourth-order valence-electron chi connectivity index (χ4n) is 3.63. The summed E-state index contributed by atoms with van der Waals surface area (Å²) in [5, 5.41) is 0. The van der Waals surface area contributed by atoms with Crippen molar-refractivity contribution < 1.29 is 9.78 Å². The smallest absolute Gasteiger partial charge is 0.133 e. The van der Waals surface area contributed by atoms with Gasteiger partial charge in [-0.1, -0.05) is 40.5 Å². The minimum Gasteiger partial charge on any atom is -0.229 e. The first-order valence-corrected chi connectivity index (χ1v) is 6.35. The van der Waals surface area contributed by atoms with Crippen LogP contribution in [0.25, 0.3) is 0 Å². The van der Waals surface area contributed by atoms with Crippen molar-refractivity contribution in [3.63, 3.8) is 0 Å². The van der Waals surface area contributed by atoms with Crippen LogP contribution >= 0.6 is 0 Å². The highest BCUT2D eigenvalue weighted by Gasteiger charge is 2.60. The molecule has 1 aliphatic carbocycles. The summed E-state index contributed by atoms with van der Waals surface area (Å²) < 4.78 is 0. The molecule has 3 unspecified atom stereocenters. The number of fused-ring (bicyclic) bond motifs is 1. The fraction of sp³-hybridized carbons (Fsp3) is 1.00. The Hall–Kier alpha value is -0.0800. The molecule has 0 N–H and O–H groups in total. The Labute approximate surface area is 93.3 Å². The molecule has 2 fully saturated rings. The van der Waals surface area contributed by atoms with Gasteiger partial charge < -0.3 is 0 Å². The molecule has 1 aliphatic heterocycles. The Kier molecular flexibility index (Phi) is 2.85. The van der Waals surface area contributed by atoms with Gasteiger partial charge in [-0.3, -0.25) is 0 Å². The minimum absolute atomic E-state index is 0.0528. The van der Waals surface area contributed by atoms with E-state index in [1.807, 2.05) is 0 Å². The molecule has 2 heteroatoms. The second kappa shape index (κ2) is 3.74. The largest absolute Gasteiger partial charge is 0.229 e. The predicted octanol–water partition coefficient (Wildman–Crippen LogP) is 3.70. The van der Waals surface area contributed by atoms with Gasteiger partial charge in [0.1, 0.15) is 11.7 Å². The monoisotopic (exact) mass is 212 g/mol. The number of hydrogen-bond donors (Lipinski definition) is 0. The SMILES string of the molecule is CCCCC12CC(C)CC(C)(C)C1OO2. The van der Waals surface area contributed by atoms with Gasteiger partial charge in [-0.25, -0.2) is 9.78 Å². The topological polar surface area (TPSA) is 18.5 Å². The molecular weight excluding hydrogens is 188 g/mol. The summed E-state index contributed by atoms with van der Waals surface area (Å²) in [5.41, 5.74) is 0.334. The molecule has 0 aromatic rings. The molecule has 0 amide bonds. The summed E-state index contributed by atoms with van der Waals surface area (Å²) in [7, 11) is 0. The van der Waals surface area contributed by atoms with Gasteiger partial charge in [0.05, 0.1) is 0 Å². The molecule has 0 radical (unpaired) electrons. The van der Waals surface area contributed by atoms with Crippen molar-refractivity contribution >= 4 is 0 Å². The van der Waals surface area contributed by atoms with Crippen molar-refractivity contribution in [3.8, 4) is 0 Å². The van der Waals surface area contributed by atoms with E-state index in [-0.39, 0.29) is 11.0 Å². The molecule has 0 bridgehead atoms. The zero-order valence-electron chi connectivity index (χ0n) is 10.5. The lowest BCUT2D eigenvalue weighted by atomic mass is 9.61. The lowest BCUT2D eigenvalue weighted by Gasteiger charge is -2.58. The van der Waals surface area contributed by atoms with Crippen LogP contribution < -0.4 is 0 Å². The van der Waals surface area contributed by atoms with Crippen LogP contribution in [0.4, 0.5) is 0 Å². The zero-order chi connectivity index (χ0) is 11.1. The molecule has 15 heavy (non-hydrogen) atoms. The molecule has 0 spiro atoms. The summed E-state index contributed by atoms with van der Waals surface area (Å²) in [5.74, 6) is 0.761. The Balaban J connectivity index is 2.10. The van der Waals surface area contributed by atoms with Crippen LogP contribution in [0, 0.1) is 11.3 Å². The lowest BCUT2D eigenvalue weighted by Crippen LogP contribution is -2.65. The van der Waals surface area contributed by atoms with Gasteiger partial charge in [-0.2, -0.15) is 0 Å². The molecule has 2 nitrogen and oxygen atoms in total. The lowest BCUT2D eigenvalue weighted by molar-refractivity contribution is -0.539. The molecule has 1 heterocycles. The standard InChI is InChI=1S/C13H24O2/c1-5-6-7-13-9-10(2)8-12(3,4)11(13)14-15-13/h10-11H,5-9H2,1-4H3. The maximum absolute atomic E-state index is 5.53. The summed E-state index contributed by atoms with van der Waals surface area (Å²) in [6, 6.07) is 0. The highest BCUT2D eigenvalue weighted by Crippen LogP contribution is 2.54. The van der Waals surface area contributed by atoms with E-state index in [0.717, 1.165) is 5.92 Å². The Morgan fingerprint density at radius 1 is 1.27 bits per heavy atom. The van der Waals surface area contributed by atoms with E-state index in [0.29, 0.717) is 6.10 Å². The average Bonchev–Trinajstić information content (AvgIpc) is 2.06. The Bertz CT molecular complexity index is 237. The van der Waals surface area contributed by atoms with Crippen LogP contribution in [-0.4, -0.2) is 11.7 Å². The third kappa shape index (κ3) is 1.83. The normalized spacial score (nSPS) is 43.2. The van der Waals surface area contributed by atoms with Crippen LogP contribution in [0.2, 0.25) is 0 Å². The minimum atomic E-state index is 0.0528. The van der Waals surface area contributed by atoms with Crippen molar-refractivity contribution in [2.75, 3.05) is 0 Å². The zero-order valence-corrected chi connectivity index (χ0v) is 10.5. The van der Waals surface area contributed by atoms with Crippen LogP contribution in [0.1, 0.15) is 59.8 Å². The second-order valence-corrected chi connectivity index (χ2v) is 6.23.